The lowest BCUT2D eigenvalue weighted by molar-refractivity contribution is -0.130. The van der Waals surface area contributed by atoms with Crippen LogP contribution in [0.2, 0.25) is 0 Å². The van der Waals surface area contributed by atoms with Gasteiger partial charge in [-0.05, 0) is 31.2 Å². The summed E-state index contributed by atoms with van der Waals surface area (Å²) in [6, 6.07) is 13.6. The Morgan fingerprint density at radius 3 is 2.83 bits per heavy atom. The zero-order chi connectivity index (χ0) is 16.9. The maximum atomic E-state index is 12.2. The predicted molar refractivity (Wildman–Crippen MR) is 92.7 cm³/mol. The average molecular weight is 343 g/mol. The van der Waals surface area contributed by atoms with Crippen LogP contribution in [-0.4, -0.2) is 24.3 Å². The van der Waals surface area contributed by atoms with Crippen molar-refractivity contribution in [3.05, 3.63) is 54.3 Å². The number of aliphatic hydroxyl groups is 1. The Morgan fingerprint density at radius 2 is 2.00 bits per heavy atom. The van der Waals surface area contributed by atoms with Crippen molar-refractivity contribution in [2.45, 2.75) is 16.7 Å². The summed E-state index contributed by atoms with van der Waals surface area (Å²) >= 11 is 1.63. The highest BCUT2D eigenvalue weighted by atomic mass is 32.2. The fourth-order valence-electron chi connectivity index (χ4n) is 2.18. The van der Waals surface area contributed by atoms with Crippen molar-refractivity contribution in [1.82, 2.24) is 0 Å². The van der Waals surface area contributed by atoms with Gasteiger partial charge in [0.15, 0.2) is 5.75 Å². The lowest BCUT2D eigenvalue weighted by Gasteiger charge is -2.22. The van der Waals surface area contributed by atoms with Gasteiger partial charge in [0, 0.05) is 9.79 Å². The van der Waals surface area contributed by atoms with E-state index in [2.05, 4.69) is 5.32 Å². The van der Waals surface area contributed by atoms with E-state index < -0.39 is 5.97 Å². The fraction of sp³-hybridized carbons (Fsp3) is 0.167. The van der Waals surface area contributed by atoms with Gasteiger partial charge in [-0.25, -0.2) is 4.79 Å². The van der Waals surface area contributed by atoms with Crippen LogP contribution in [0, 0.1) is 0 Å². The number of nitrogens with one attached hydrogen (secondary N) is 1. The topological polar surface area (TPSA) is 67.8 Å². The molecule has 0 amide bonds. The van der Waals surface area contributed by atoms with Gasteiger partial charge in [0.2, 0.25) is 0 Å². The first kappa shape index (κ1) is 16.4. The van der Waals surface area contributed by atoms with Crippen LogP contribution in [0.3, 0.4) is 0 Å². The van der Waals surface area contributed by atoms with Crippen molar-refractivity contribution >= 4 is 29.1 Å². The first-order valence-electron chi connectivity index (χ1n) is 7.47. The zero-order valence-electron chi connectivity index (χ0n) is 13.1. The van der Waals surface area contributed by atoms with Crippen LogP contribution in [0.5, 0.6) is 5.75 Å². The number of carbonyl (C=O) groups excluding carboxylic acids is 1. The van der Waals surface area contributed by atoms with Gasteiger partial charge >= 0.3 is 5.97 Å². The van der Waals surface area contributed by atoms with E-state index in [1.54, 1.807) is 24.8 Å². The molecule has 0 bridgehead atoms. The largest absolute Gasteiger partial charge is 0.498 e. The summed E-state index contributed by atoms with van der Waals surface area (Å²) in [5, 5.41) is 12.0. The minimum absolute atomic E-state index is 0.106. The molecule has 0 spiro atoms. The number of ether oxygens (including phenoxy) is 2. The highest BCUT2D eigenvalue weighted by molar-refractivity contribution is 7.99. The fourth-order valence-corrected chi connectivity index (χ4v) is 3.19. The Hall–Kier alpha value is -2.44. The molecule has 3 rings (SSSR count). The van der Waals surface area contributed by atoms with Crippen molar-refractivity contribution in [2.24, 2.45) is 0 Å². The average Bonchev–Trinajstić information content (AvgIpc) is 2.60. The van der Waals surface area contributed by atoms with Crippen molar-refractivity contribution in [1.29, 1.82) is 0 Å². The molecule has 0 unspecified atom stereocenters. The molecule has 2 aromatic carbocycles. The third-order valence-electron chi connectivity index (χ3n) is 3.35. The number of carbonyl (C=O) groups is 1. The van der Waals surface area contributed by atoms with Crippen molar-refractivity contribution < 1.29 is 19.4 Å². The standard InChI is InChI=1S/C18H17NO4S/c1-12(11-22-10-9-20)18(21)23-14-6-4-8-16-17(14)19-13-5-2-3-7-15(13)24-16/h2-8,11,19-20H,9-10H2,1H3. The number of hydrogen-bond acceptors (Lipinski definition) is 6. The summed E-state index contributed by atoms with van der Waals surface area (Å²) in [5.74, 6) is -0.0265. The molecule has 6 heteroatoms. The summed E-state index contributed by atoms with van der Waals surface area (Å²) in [6.45, 7) is 1.64. The number of hydrogen-bond donors (Lipinski definition) is 2. The smallest absolute Gasteiger partial charge is 0.342 e. The van der Waals surface area contributed by atoms with Crippen LogP contribution in [0.15, 0.2) is 64.1 Å². The second-order valence-corrected chi connectivity index (χ2v) is 6.22. The van der Waals surface area contributed by atoms with Crippen molar-refractivity contribution in [3.63, 3.8) is 0 Å². The second kappa shape index (κ2) is 7.42. The molecule has 0 fully saturated rings. The third kappa shape index (κ3) is 3.55. The van der Waals surface area contributed by atoms with Gasteiger partial charge < -0.3 is 19.9 Å². The summed E-state index contributed by atoms with van der Waals surface area (Å²) < 4.78 is 10.5. The summed E-state index contributed by atoms with van der Waals surface area (Å²) in [6.07, 6.45) is 1.30. The molecule has 0 saturated heterocycles. The molecule has 24 heavy (non-hydrogen) atoms. The van der Waals surface area contributed by atoms with E-state index in [0.717, 1.165) is 21.2 Å². The van der Waals surface area contributed by atoms with Gasteiger partial charge in [0.25, 0.3) is 0 Å². The van der Waals surface area contributed by atoms with Crippen LogP contribution >= 0.6 is 11.8 Å². The van der Waals surface area contributed by atoms with E-state index in [9.17, 15) is 4.79 Å². The number of anilines is 2. The minimum Gasteiger partial charge on any atom is -0.498 e. The van der Waals surface area contributed by atoms with Crippen molar-refractivity contribution in [2.75, 3.05) is 18.5 Å². The number of esters is 1. The first-order valence-corrected chi connectivity index (χ1v) is 8.29. The molecule has 1 heterocycles. The van der Waals surface area contributed by atoms with Crippen LogP contribution < -0.4 is 10.1 Å². The quantitative estimate of drug-likeness (QED) is 0.242. The second-order valence-electron chi connectivity index (χ2n) is 5.14. The van der Waals surface area contributed by atoms with Gasteiger partial charge in [-0.2, -0.15) is 0 Å². The molecule has 2 N–H and O–H groups in total. The molecule has 1 aliphatic rings. The summed E-state index contributed by atoms with van der Waals surface area (Å²) in [5.41, 5.74) is 2.08. The monoisotopic (exact) mass is 343 g/mol. The zero-order valence-corrected chi connectivity index (χ0v) is 13.9. The molecule has 0 aliphatic carbocycles. The van der Waals surface area contributed by atoms with Crippen LogP contribution in [0.1, 0.15) is 6.92 Å². The van der Waals surface area contributed by atoms with E-state index in [1.807, 2.05) is 36.4 Å². The molecule has 2 aromatic rings. The number of rotatable bonds is 5. The first-order chi connectivity index (χ1) is 11.7. The number of aliphatic hydroxyl groups excluding tert-OH is 1. The summed E-state index contributed by atoms with van der Waals surface area (Å²) in [4.78, 5) is 14.3. The van der Waals surface area contributed by atoms with Crippen molar-refractivity contribution in [3.8, 4) is 5.75 Å². The summed E-state index contributed by atoms with van der Waals surface area (Å²) in [7, 11) is 0. The highest BCUT2D eigenvalue weighted by Gasteiger charge is 2.20. The molecular formula is C18H17NO4S. The molecule has 124 valence electrons. The number of para-hydroxylation sites is 2. The van der Waals surface area contributed by atoms with Gasteiger partial charge in [0.05, 0.1) is 29.8 Å². The van der Waals surface area contributed by atoms with Gasteiger partial charge in [0.1, 0.15) is 6.61 Å². The molecule has 0 saturated carbocycles. The maximum Gasteiger partial charge on any atom is 0.342 e. The number of fused-ring (bicyclic) bond motifs is 2. The predicted octanol–water partition coefficient (Wildman–Crippen LogP) is 3.71. The Labute approximate surface area is 144 Å². The minimum atomic E-state index is -0.494. The third-order valence-corrected chi connectivity index (χ3v) is 4.48. The van der Waals surface area contributed by atoms with Crippen LogP contribution in [0.25, 0.3) is 0 Å². The maximum absolute atomic E-state index is 12.2. The number of benzene rings is 2. The Balaban J connectivity index is 1.79. The lowest BCUT2D eigenvalue weighted by Crippen LogP contribution is -2.12. The Bertz CT molecular complexity index is 788. The molecule has 0 aromatic heterocycles. The van der Waals surface area contributed by atoms with Gasteiger partial charge in [-0.1, -0.05) is 30.0 Å². The van der Waals surface area contributed by atoms with E-state index in [1.165, 1.54) is 6.26 Å². The molecule has 0 radical (unpaired) electrons. The molecule has 1 aliphatic heterocycles. The highest BCUT2D eigenvalue weighted by Crippen LogP contribution is 2.47. The lowest BCUT2D eigenvalue weighted by atomic mass is 10.2. The van der Waals surface area contributed by atoms with E-state index in [-0.39, 0.29) is 13.2 Å². The molecule has 5 nitrogen and oxygen atoms in total. The van der Waals surface area contributed by atoms with Crippen LogP contribution in [-0.2, 0) is 9.53 Å². The van der Waals surface area contributed by atoms with Gasteiger partial charge in [-0.3, -0.25) is 0 Å². The molecule has 0 atom stereocenters. The Morgan fingerprint density at radius 1 is 1.21 bits per heavy atom. The van der Waals surface area contributed by atoms with E-state index in [0.29, 0.717) is 11.3 Å². The SMILES string of the molecule is CC(=COCCO)C(=O)Oc1cccc2c1Nc1ccccc1S2. The van der Waals surface area contributed by atoms with E-state index >= 15 is 0 Å². The molecular weight excluding hydrogens is 326 g/mol. The van der Waals surface area contributed by atoms with Crippen LogP contribution in [0.4, 0.5) is 11.4 Å². The normalized spacial score (nSPS) is 12.7. The van der Waals surface area contributed by atoms with E-state index in [4.69, 9.17) is 14.6 Å². The Kier molecular flexibility index (Phi) is 5.08. The van der Waals surface area contributed by atoms with Gasteiger partial charge in [-0.15, -0.1) is 0 Å².